The van der Waals surface area contributed by atoms with E-state index in [4.69, 9.17) is 5.11 Å². The number of aliphatic carboxylic acids is 1. The Labute approximate surface area is 87.3 Å². The molecule has 6 nitrogen and oxygen atoms in total. The summed E-state index contributed by atoms with van der Waals surface area (Å²) in [5.41, 5.74) is -0.612. The highest BCUT2D eigenvalue weighted by molar-refractivity contribution is 5.77. The topological polar surface area (TPSA) is 80.9 Å². The summed E-state index contributed by atoms with van der Waals surface area (Å²) < 4.78 is 1.62. The molecule has 6 heteroatoms. The molecule has 15 heavy (non-hydrogen) atoms. The minimum atomic E-state index is -0.743. The minimum Gasteiger partial charge on any atom is -0.481 e. The average molecular weight is 210 g/mol. The van der Waals surface area contributed by atoms with Gasteiger partial charge < -0.3 is 5.11 Å². The summed E-state index contributed by atoms with van der Waals surface area (Å²) >= 11 is 0. The average Bonchev–Trinajstić information content (AvgIpc) is 2.77. The van der Waals surface area contributed by atoms with E-state index in [9.17, 15) is 4.79 Å². The number of aromatic nitrogens is 4. The Morgan fingerprint density at radius 3 is 2.73 bits per heavy atom. The Kier molecular flexibility index (Phi) is 2.21. The van der Waals surface area contributed by atoms with Gasteiger partial charge in [-0.2, -0.15) is 0 Å². The zero-order valence-corrected chi connectivity index (χ0v) is 8.84. The molecule has 1 saturated carbocycles. The fraction of sp³-hybridized carbons (Fsp3) is 0.778. The minimum absolute atomic E-state index is 0.213. The summed E-state index contributed by atoms with van der Waals surface area (Å²) in [6.45, 7) is 4.37. The molecule has 82 valence electrons. The van der Waals surface area contributed by atoms with E-state index in [2.05, 4.69) is 15.5 Å². The number of hydrogen-bond acceptors (Lipinski definition) is 4. The fourth-order valence-electron chi connectivity index (χ4n) is 1.61. The van der Waals surface area contributed by atoms with Crippen LogP contribution in [0.5, 0.6) is 0 Å². The predicted molar refractivity (Wildman–Crippen MR) is 51.2 cm³/mol. The molecule has 0 spiro atoms. The first-order chi connectivity index (χ1) is 7.05. The molecule has 0 atom stereocenters. The van der Waals surface area contributed by atoms with E-state index in [1.165, 1.54) is 0 Å². The number of carboxylic acids is 1. The molecule has 0 aromatic carbocycles. The van der Waals surface area contributed by atoms with Crippen LogP contribution >= 0.6 is 0 Å². The summed E-state index contributed by atoms with van der Waals surface area (Å²) in [4.78, 5) is 11.0. The molecule has 0 aliphatic heterocycles. The van der Waals surface area contributed by atoms with Gasteiger partial charge in [-0.05, 0) is 23.3 Å². The number of rotatable bonds is 4. The van der Waals surface area contributed by atoms with Crippen molar-refractivity contribution in [2.75, 3.05) is 0 Å². The Balaban J connectivity index is 2.18. The Morgan fingerprint density at radius 1 is 1.60 bits per heavy atom. The molecule has 2 rings (SSSR count). The number of tetrazole rings is 1. The predicted octanol–water partition coefficient (Wildman–Crippen LogP) is 0.661. The molecule has 1 fully saturated rings. The van der Waals surface area contributed by atoms with Crippen LogP contribution in [0.4, 0.5) is 0 Å². The van der Waals surface area contributed by atoms with Crippen molar-refractivity contribution in [2.45, 2.75) is 39.2 Å². The molecule has 1 aromatic heterocycles. The maximum absolute atomic E-state index is 11.0. The van der Waals surface area contributed by atoms with Crippen molar-refractivity contribution in [1.29, 1.82) is 0 Å². The second kappa shape index (κ2) is 3.29. The molecule has 1 N–H and O–H groups in total. The molecule has 0 saturated heterocycles. The lowest BCUT2D eigenvalue weighted by Gasteiger charge is -2.11. The van der Waals surface area contributed by atoms with E-state index < -0.39 is 11.4 Å². The molecule has 1 aromatic rings. The zero-order chi connectivity index (χ0) is 11.1. The molecule has 1 aliphatic rings. The van der Waals surface area contributed by atoms with Crippen LogP contribution < -0.4 is 0 Å². The van der Waals surface area contributed by atoms with Gasteiger partial charge in [-0.25, -0.2) is 4.68 Å². The van der Waals surface area contributed by atoms with Crippen molar-refractivity contribution < 1.29 is 9.90 Å². The van der Waals surface area contributed by atoms with E-state index in [0.717, 1.165) is 18.7 Å². The van der Waals surface area contributed by atoms with Gasteiger partial charge in [-0.1, -0.05) is 13.8 Å². The summed E-state index contributed by atoms with van der Waals surface area (Å²) in [6, 6.07) is 0. The van der Waals surface area contributed by atoms with Crippen molar-refractivity contribution in [3.05, 3.63) is 5.82 Å². The van der Waals surface area contributed by atoms with Crippen molar-refractivity contribution >= 4 is 5.97 Å². The van der Waals surface area contributed by atoms with E-state index >= 15 is 0 Å². The van der Waals surface area contributed by atoms with E-state index in [1.54, 1.807) is 4.68 Å². The lowest BCUT2D eigenvalue weighted by Crippen LogP contribution is -2.23. The largest absolute Gasteiger partial charge is 0.481 e. The van der Waals surface area contributed by atoms with Crippen LogP contribution in [0.25, 0.3) is 0 Å². The van der Waals surface area contributed by atoms with Crippen LogP contribution in [-0.2, 0) is 11.3 Å². The third-order valence-corrected chi connectivity index (χ3v) is 2.84. The van der Waals surface area contributed by atoms with Gasteiger partial charge in [0.25, 0.3) is 0 Å². The first-order valence-corrected chi connectivity index (χ1v) is 5.05. The number of carbonyl (C=O) groups is 1. The molecular weight excluding hydrogens is 196 g/mol. The van der Waals surface area contributed by atoms with Crippen LogP contribution in [0.15, 0.2) is 0 Å². The monoisotopic (exact) mass is 210 g/mol. The summed E-state index contributed by atoms with van der Waals surface area (Å²) in [6.07, 6.45) is 1.44. The molecule has 0 amide bonds. The van der Waals surface area contributed by atoms with E-state index in [0.29, 0.717) is 6.54 Å². The first-order valence-electron chi connectivity index (χ1n) is 5.05. The van der Waals surface area contributed by atoms with Crippen LogP contribution in [0, 0.1) is 5.41 Å². The van der Waals surface area contributed by atoms with Gasteiger partial charge in [0.1, 0.15) is 0 Å². The van der Waals surface area contributed by atoms with Gasteiger partial charge in [-0.3, -0.25) is 4.79 Å². The third-order valence-electron chi connectivity index (χ3n) is 2.84. The van der Waals surface area contributed by atoms with Crippen molar-refractivity contribution in [3.63, 3.8) is 0 Å². The second-order valence-corrected chi connectivity index (χ2v) is 4.43. The van der Waals surface area contributed by atoms with Crippen LogP contribution in [0.1, 0.15) is 38.4 Å². The SMILES string of the molecule is CC(C)c1nnnn1CC1(C(=O)O)CC1. The highest BCUT2D eigenvalue weighted by Crippen LogP contribution is 2.47. The highest BCUT2D eigenvalue weighted by atomic mass is 16.4. The van der Waals surface area contributed by atoms with Crippen LogP contribution in [-0.4, -0.2) is 31.3 Å². The quantitative estimate of drug-likeness (QED) is 0.789. The summed E-state index contributed by atoms with van der Waals surface area (Å²) in [7, 11) is 0. The third kappa shape index (κ3) is 1.71. The van der Waals surface area contributed by atoms with Crippen LogP contribution in [0.3, 0.4) is 0 Å². The molecule has 0 unspecified atom stereocenters. The molecule has 1 aliphatic carbocycles. The standard InChI is InChI=1S/C9H14N4O2/c1-6(2)7-10-11-12-13(7)5-9(3-4-9)8(14)15/h6H,3-5H2,1-2H3,(H,14,15). The summed E-state index contributed by atoms with van der Waals surface area (Å²) in [5.74, 6) is 0.222. The van der Waals surface area contributed by atoms with E-state index in [-0.39, 0.29) is 5.92 Å². The molecular formula is C9H14N4O2. The molecule has 1 heterocycles. The van der Waals surface area contributed by atoms with Crippen LogP contribution in [0.2, 0.25) is 0 Å². The summed E-state index contributed by atoms with van der Waals surface area (Å²) in [5, 5.41) is 20.4. The zero-order valence-electron chi connectivity index (χ0n) is 8.84. The highest BCUT2D eigenvalue weighted by Gasteiger charge is 2.51. The van der Waals surface area contributed by atoms with Crippen molar-refractivity contribution in [3.8, 4) is 0 Å². The van der Waals surface area contributed by atoms with Gasteiger partial charge in [0.2, 0.25) is 0 Å². The Bertz CT molecular complexity index is 381. The van der Waals surface area contributed by atoms with Crippen molar-refractivity contribution in [2.24, 2.45) is 5.41 Å². The lowest BCUT2D eigenvalue weighted by molar-refractivity contribution is -0.144. The van der Waals surface area contributed by atoms with Gasteiger partial charge in [0, 0.05) is 5.92 Å². The normalized spacial score (nSPS) is 18.1. The number of carboxylic acid groups (broad SMARTS) is 1. The van der Waals surface area contributed by atoms with E-state index in [1.807, 2.05) is 13.8 Å². The van der Waals surface area contributed by atoms with Gasteiger partial charge in [0.15, 0.2) is 5.82 Å². The Morgan fingerprint density at radius 2 is 2.27 bits per heavy atom. The first kappa shape index (κ1) is 10.1. The lowest BCUT2D eigenvalue weighted by atomic mass is 10.1. The maximum Gasteiger partial charge on any atom is 0.311 e. The number of nitrogens with zero attached hydrogens (tertiary/aromatic N) is 4. The van der Waals surface area contributed by atoms with Crippen molar-refractivity contribution in [1.82, 2.24) is 20.2 Å². The fourth-order valence-corrected chi connectivity index (χ4v) is 1.61. The van der Waals surface area contributed by atoms with Gasteiger partial charge >= 0.3 is 5.97 Å². The molecule has 0 radical (unpaired) electrons. The molecule has 0 bridgehead atoms. The smallest absolute Gasteiger partial charge is 0.311 e. The number of hydrogen-bond donors (Lipinski definition) is 1. The van der Waals surface area contributed by atoms with Gasteiger partial charge in [-0.15, -0.1) is 5.10 Å². The second-order valence-electron chi connectivity index (χ2n) is 4.43. The Hall–Kier alpha value is -1.46. The van der Waals surface area contributed by atoms with Gasteiger partial charge in [0.05, 0.1) is 12.0 Å². The maximum atomic E-state index is 11.0.